The quantitative estimate of drug-likeness (QED) is 0.684. The number of carbonyl (C=O) groups is 3. The monoisotopic (exact) mass is 393 g/mol. The minimum Gasteiger partial charge on any atom is -0.455 e. The van der Waals surface area contributed by atoms with Crippen molar-refractivity contribution in [3.8, 4) is 0 Å². The molecule has 1 aliphatic heterocycles. The van der Waals surface area contributed by atoms with E-state index in [-0.39, 0.29) is 24.8 Å². The number of rotatable bonds is 4. The number of ether oxygens (including phenoxy) is 1. The number of hydrogen-bond acceptors (Lipinski definition) is 6. The number of benzene rings is 2. The number of hydrogen-bond donors (Lipinski definition) is 1. The second kappa shape index (κ2) is 7.75. The third kappa shape index (κ3) is 3.82. The van der Waals surface area contributed by atoms with Crippen LogP contribution in [0.1, 0.15) is 19.0 Å². The maximum Gasteiger partial charge on any atom is 0.312 e. The predicted molar refractivity (Wildman–Crippen MR) is 105 cm³/mol. The summed E-state index contributed by atoms with van der Waals surface area (Å²) in [7, 11) is 0. The van der Waals surface area contributed by atoms with E-state index in [1.807, 2.05) is 12.1 Å². The number of anilines is 2. The maximum atomic E-state index is 12.8. The Labute approximate surface area is 166 Å². The smallest absolute Gasteiger partial charge is 0.312 e. The average molecular weight is 393 g/mol. The Hall–Kier alpha value is -3.68. The van der Waals surface area contributed by atoms with Gasteiger partial charge >= 0.3 is 5.97 Å². The third-order valence-corrected chi connectivity index (χ3v) is 4.75. The molecule has 2 aromatic carbocycles. The number of nitrogens with zero attached hydrogens (tertiary/aromatic N) is 2. The van der Waals surface area contributed by atoms with Crippen molar-refractivity contribution in [2.45, 2.75) is 25.8 Å². The molecule has 2 amide bonds. The largest absolute Gasteiger partial charge is 0.455 e. The Morgan fingerprint density at radius 2 is 1.97 bits per heavy atom. The molecule has 29 heavy (non-hydrogen) atoms. The summed E-state index contributed by atoms with van der Waals surface area (Å²) >= 11 is 0. The summed E-state index contributed by atoms with van der Waals surface area (Å²) in [6.07, 6.45) is 0.0514. The highest BCUT2D eigenvalue weighted by Crippen LogP contribution is 2.31. The van der Waals surface area contributed by atoms with E-state index >= 15 is 0 Å². The summed E-state index contributed by atoms with van der Waals surface area (Å²) in [6, 6.07) is 13.9. The molecular weight excluding hydrogens is 374 g/mol. The van der Waals surface area contributed by atoms with Crippen LogP contribution in [-0.4, -0.2) is 35.6 Å². The Morgan fingerprint density at radius 3 is 2.83 bits per heavy atom. The molecule has 3 aromatic rings. The molecule has 0 spiro atoms. The molecule has 8 nitrogen and oxygen atoms in total. The van der Waals surface area contributed by atoms with Gasteiger partial charge in [0.1, 0.15) is 5.69 Å². The van der Waals surface area contributed by atoms with Crippen molar-refractivity contribution in [3.63, 3.8) is 0 Å². The first kappa shape index (κ1) is 18.7. The molecular formula is C21H19N3O5. The molecule has 1 N–H and O–H groups in total. The summed E-state index contributed by atoms with van der Waals surface area (Å²) < 4.78 is 10.4. The van der Waals surface area contributed by atoms with Crippen LogP contribution in [0.3, 0.4) is 0 Å². The van der Waals surface area contributed by atoms with Gasteiger partial charge in [-0.25, -0.2) is 0 Å². The molecule has 0 fully saturated rings. The molecule has 0 saturated heterocycles. The predicted octanol–water partition coefficient (Wildman–Crippen LogP) is 2.68. The maximum absolute atomic E-state index is 12.8. The highest BCUT2D eigenvalue weighted by Gasteiger charge is 2.30. The lowest BCUT2D eigenvalue weighted by molar-refractivity contribution is -0.147. The van der Waals surface area contributed by atoms with Crippen molar-refractivity contribution in [2.75, 3.05) is 16.8 Å². The van der Waals surface area contributed by atoms with E-state index in [1.54, 1.807) is 43.3 Å². The van der Waals surface area contributed by atoms with Crippen molar-refractivity contribution in [3.05, 3.63) is 54.2 Å². The van der Waals surface area contributed by atoms with Gasteiger partial charge in [0.05, 0.1) is 17.8 Å². The molecule has 0 unspecified atom stereocenters. The SMILES string of the molecule is C[C@H]1CC(=O)Nc2ccccc2N1C(=O)COC(=O)Cc1noc2ccccc12. The number of para-hydroxylation sites is 3. The summed E-state index contributed by atoms with van der Waals surface area (Å²) in [4.78, 5) is 38.6. The highest BCUT2D eigenvalue weighted by atomic mass is 16.5. The zero-order valence-electron chi connectivity index (χ0n) is 15.8. The number of carbonyl (C=O) groups excluding carboxylic acids is 3. The minimum atomic E-state index is -0.581. The van der Waals surface area contributed by atoms with Crippen LogP contribution in [0.25, 0.3) is 11.0 Å². The standard InChI is InChI=1S/C21H19N3O5/c1-13-10-19(25)22-15-7-3-4-8-17(15)24(13)20(26)12-28-21(27)11-16-14-6-2-5-9-18(14)29-23-16/h2-9,13H,10-12H2,1H3,(H,22,25)/t13-/m0/s1. The fraction of sp³-hybridized carbons (Fsp3) is 0.238. The van der Waals surface area contributed by atoms with Crippen LogP contribution in [0.2, 0.25) is 0 Å². The molecule has 4 rings (SSSR count). The lowest BCUT2D eigenvalue weighted by Crippen LogP contribution is -2.41. The van der Waals surface area contributed by atoms with E-state index in [0.717, 1.165) is 5.39 Å². The molecule has 0 bridgehead atoms. The van der Waals surface area contributed by atoms with Crippen LogP contribution in [0, 0.1) is 0 Å². The Kier molecular flexibility index (Phi) is 4.99. The first-order valence-electron chi connectivity index (χ1n) is 9.23. The zero-order valence-corrected chi connectivity index (χ0v) is 15.8. The molecule has 148 valence electrons. The topological polar surface area (TPSA) is 102 Å². The van der Waals surface area contributed by atoms with Gasteiger partial charge in [0.25, 0.3) is 5.91 Å². The van der Waals surface area contributed by atoms with E-state index in [4.69, 9.17) is 9.26 Å². The summed E-state index contributed by atoms with van der Waals surface area (Å²) in [5.41, 5.74) is 2.17. The van der Waals surface area contributed by atoms with Gasteiger partial charge in [-0.2, -0.15) is 0 Å². The van der Waals surface area contributed by atoms with Crippen LogP contribution in [0.4, 0.5) is 11.4 Å². The minimum absolute atomic E-state index is 0.101. The number of amides is 2. The third-order valence-electron chi connectivity index (χ3n) is 4.75. The Balaban J connectivity index is 1.45. The molecule has 8 heteroatoms. The lowest BCUT2D eigenvalue weighted by Gasteiger charge is -2.27. The van der Waals surface area contributed by atoms with Crippen molar-refractivity contribution in [1.29, 1.82) is 0 Å². The van der Waals surface area contributed by atoms with E-state index in [1.165, 1.54) is 4.90 Å². The zero-order chi connectivity index (χ0) is 20.4. The van der Waals surface area contributed by atoms with Gasteiger partial charge in [0, 0.05) is 17.8 Å². The molecule has 0 aliphatic carbocycles. The number of aromatic nitrogens is 1. The highest BCUT2D eigenvalue weighted by molar-refractivity contribution is 6.05. The van der Waals surface area contributed by atoms with Crippen LogP contribution < -0.4 is 10.2 Å². The second-order valence-corrected chi connectivity index (χ2v) is 6.85. The average Bonchev–Trinajstić information content (AvgIpc) is 3.04. The van der Waals surface area contributed by atoms with Crippen LogP contribution in [0.15, 0.2) is 53.1 Å². The molecule has 0 saturated carbocycles. The van der Waals surface area contributed by atoms with E-state index in [9.17, 15) is 14.4 Å². The van der Waals surface area contributed by atoms with Gasteiger partial charge < -0.3 is 19.5 Å². The van der Waals surface area contributed by atoms with Crippen molar-refractivity contribution >= 4 is 40.1 Å². The van der Waals surface area contributed by atoms with Gasteiger partial charge in [-0.15, -0.1) is 0 Å². The van der Waals surface area contributed by atoms with Gasteiger partial charge in [0.2, 0.25) is 5.91 Å². The summed E-state index contributed by atoms with van der Waals surface area (Å²) in [6.45, 7) is 1.35. The van der Waals surface area contributed by atoms with Crippen molar-refractivity contribution < 1.29 is 23.6 Å². The Bertz CT molecular complexity index is 1090. The van der Waals surface area contributed by atoms with Crippen LogP contribution >= 0.6 is 0 Å². The molecule has 2 heterocycles. The molecule has 0 radical (unpaired) electrons. The fourth-order valence-corrected chi connectivity index (χ4v) is 3.43. The lowest BCUT2D eigenvalue weighted by atomic mass is 10.1. The van der Waals surface area contributed by atoms with Crippen LogP contribution in [0.5, 0.6) is 0 Å². The summed E-state index contributed by atoms with van der Waals surface area (Å²) in [5, 5.41) is 7.42. The molecule has 1 aliphatic rings. The van der Waals surface area contributed by atoms with Gasteiger partial charge in [-0.3, -0.25) is 14.4 Å². The molecule has 1 atom stereocenters. The number of nitrogens with one attached hydrogen (secondary N) is 1. The van der Waals surface area contributed by atoms with E-state index in [2.05, 4.69) is 10.5 Å². The van der Waals surface area contributed by atoms with Gasteiger partial charge in [-0.1, -0.05) is 29.4 Å². The van der Waals surface area contributed by atoms with Crippen molar-refractivity contribution in [2.24, 2.45) is 0 Å². The number of esters is 1. The summed E-state index contributed by atoms with van der Waals surface area (Å²) in [5.74, 6) is -1.16. The van der Waals surface area contributed by atoms with Gasteiger partial charge in [0.15, 0.2) is 12.2 Å². The molecule has 1 aromatic heterocycles. The van der Waals surface area contributed by atoms with Crippen molar-refractivity contribution in [1.82, 2.24) is 5.16 Å². The Morgan fingerprint density at radius 1 is 1.21 bits per heavy atom. The van der Waals surface area contributed by atoms with Crippen LogP contribution in [-0.2, 0) is 25.5 Å². The van der Waals surface area contributed by atoms with E-state index < -0.39 is 18.5 Å². The fourth-order valence-electron chi connectivity index (χ4n) is 3.43. The first-order valence-corrected chi connectivity index (χ1v) is 9.23. The second-order valence-electron chi connectivity index (χ2n) is 6.85. The first-order chi connectivity index (χ1) is 14.0. The normalized spacial score (nSPS) is 16.1. The number of fused-ring (bicyclic) bond motifs is 2. The van der Waals surface area contributed by atoms with Gasteiger partial charge in [-0.05, 0) is 31.2 Å². The van der Waals surface area contributed by atoms with E-state index in [0.29, 0.717) is 22.7 Å².